The van der Waals surface area contributed by atoms with Crippen molar-refractivity contribution in [3.8, 4) is 22.1 Å². The molecule has 0 saturated carbocycles. The first-order valence-corrected chi connectivity index (χ1v) is 8.84. The van der Waals surface area contributed by atoms with Crippen LogP contribution in [0.25, 0.3) is 15.5 Å². The van der Waals surface area contributed by atoms with Gasteiger partial charge in [0.1, 0.15) is 11.6 Å². The zero-order valence-corrected chi connectivity index (χ0v) is 14.4. The molecule has 6 nitrogen and oxygen atoms in total. The quantitative estimate of drug-likeness (QED) is 0.533. The van der Waals surface area contributed by atoms with Gasteiger partial charge in [0, 0.05) is 10.6 Å². The fourth-order valence-electron chi connectivity index (χ4n) is 2.72. The molecule has 0 unspecified atom stereocenters. The van der Waals surface area contributed by atoms with Gasteiger partial charge in [-0.3, -0.25) is 0 Å². The standard InChI is InChI=1S/C17H11ClN4O2S/c18-11-5-3-4-10(8-11)16-21-22-15(19-20-17(22)25-16)14-9-23-12-6-1-2-7-13(12)24-14/h1-8,14H,9H2/t14-/m0/s1. The summed E-state index contributed by atoms with van der Waals surface area (Å²) in [6.07, 6.45) is -0.362. The van der Waals surface area contributed by atoms with E-state index < -0.39 is 0 Å². The van der Waals surface area contributed by atoms with Crippen molar-refractivity contribution in [1.82, 2.24) is 19.8 Å². The number of nitrogens with zero attached hydrogens (tertiary/aromatic N) is 4. The molecular formula is C17H11ClN4O2S. The van der Waals surface area contributed by atoms with Crippen LogP contribution in [0.2, 0.25) is 5.02 Å². The molecule has 1 atom stereocenters. The largest absolute Gasteiger partial charge is 0.485 e. The number of ether oxygens (including phenoxy) is 2. The highest BCUT2D eigenvalue weighted by Crippen LogP contribution is 2.36. The highest BCUT2D eigenvalue weighted by molar-refractivity contribution is 7.19. The lowest BCUT2D eigenvalue weighted by Crippen LogP contribution is -2.23. The summed E-state index contributed by atoms with van der Waals surface area (Å²) in [4.78, 5) is 0.701. The Kier molecular flexibility index (Phi) is 3.36. The Labute approximate surface area is 151 Å². The first-order chi connectivity index (χ1) is 12.3. The van der Waals surface area contributed by atoms with Gasteiger partial charge in [-0.2, -0.15) is 9.61 Å². The number of para-hydroxylation sites is 2. The predicted molar refractivity (Wildman–Crippen MR) is 94.4 cm³/mol. The topological polar surface area (TPSA) is 61.5 Å². The maximum atomic E-state index is 6.07. The minimum Gasteiger partial charge on any atom is -0.485 e. The van der Waals surface area contributed by atoms with Crippen LogP contribution in [0.5, 0.6) is 11.5 Å². The van der Waals surface area contributed by atoms with Crippen LogP contribution in [0.1, 0.15) is 11.9 Å². The van der Waals surface area contributed by atoms with Crippen molar-refractivity contribution in [3.63, 3.8) is 0 Å². The molecule has 124 valence electrons. The zero-order valence-electron chi connectivity index (χ0n) is 12.8. The van der Waals surface area contributed by atoms with Gasteiger partial charge in [0.2, 0.25) is 4.96 Å². The Morgan fingerprint density at radius 1 is 1.08 bits per heavy atom. The Morgan fingerprint density at radius 2 is 1.96 bits per heavy atom. The molecular weight excluding hydrogens is 360 g/mol. The number of fused-ring (bicyclic) bond motifs is 2. The molecule has 4 aromatic rings. The van der Waals surface area contributed by atoms with Crippen LogP contribution in [-0.2, 0) is 0 Å². The van der Waals surface area contributed by atoms with Gasteiger partial charge in [-0.15, -0.1) is 10.2 Å². The molecule has 0 fully saturated rings. The Bertz CT molecular complexity index is 1080. The lowest BCUT2D eigenvalue weighted by molar-refractivity contribution is 0.0836. The van der Waals surface area contributed by atoms with Crippen LogP contribution < -0.4 is 9.47 Å². The van der Waals surface area contributed by atoms with Gasteiger partial charge in [-0.25, -0.2) is 0 Å². The molecule has 0 radical (unpaired) electrons. The Morgan fingerprint density at radius 3 is 2.84 bits per heavy atom. The Hall–Kier alpha value is -2.64. The van der Waals surface area contributed by atoms with E-state index in [-0.39, 0.29) is 6.10 Å². The first-order valence-electron chi connectivity index (χ1n) is 7.64. The maximum Gasteiger partial charge on any atom is 0.235 e. The summed E-state index contributed by atoms with van der Waals surface area (Å²) >= 11 is 7.53. The first kappa shape index (κ1) is 14.7. The second-order valence-electron chi connectivity index (χ2n) is 5.53. The van der Waals surface area contributed by atoms with Gasteiger partial charge >= 0.3 is 0 Å². The normalized spacial score (nSPS) is 16.3. The molecule has 5 rings (SSSR count). The van der Waals surface area contributed by atoms with E-state index in [1.54, 1.807) is 4.52 Å². The van der Waals surface area contributed by atoms with Crippen LogP contribution in [0.4, 0.5) is 0 Å². The van der Waals surface area contributed by atoms with E-state index in [0.29, 0.717) is 28.2 Å². The maximum absolute atomic E-state index is 6.07. The number of halogens is 1. The van der Waals surface area contributed by atoms with Crippen molar-refractivity contribution < 1.29 is 9.47 Å². The van der Waals surface area contributed by atoms with Crippen molar-refractivity contribution in [2.45, 2.75) is 6.10 Å². The van der Waals surface area contributed by atoms with E-state index in [2.05, 4.69) is 15.3 Å². The molecule has 0 bridgehead atoms. The molecule has 0 amide bonds. The molecule has 3 heterocycles. The fourth-order valence-corrected chi connectivity index (χ4v) is 3.75. The fraction of sp³-hybridized carbons (Fsp3) is 0.118. The lowest BCUT2D eigenvalue weighted by atomic mass is 10.2. The minimum absolute atomic E-state index is 0.362. The molecule has 0 aliphatic carbocycles. The molecule has 2 aromatic heterocycles. The second kappa shape index (κ2) is 5.72. The Balaban J connectivity index is 1.53. The number of rotatable bonds is 2. The van der Waals surface area contributed by atoms with Crippen LogP contribution in [0.3, 0.4) is 0 Å². The summed E-state index contributed by atoms with van der Waals surface area (Å²) < 4.78 is 13.5. The average molecular weight is 371 g/mol. The van der Waals surface area contributed by atoms with Gasteiger partial charge in [0.05, 0.1) is 0 Å². The number of hydrogen-bond acceptors (Lipinski definition) is 6. The number of aromatic nitrogens is 4. The number of hydrogen-bond donors (Lipinski definition) is 0. The van der Waals surface area contributed by atoms with E-state index in [1.807, 2.05) is 48.5 Å². The van der Waals surface area contributed by atoms with Crippen LogP contribution in [0.15, 0.2) is 48.5 Å². The van der Waals surface area contributed by atoms with Gasteiger partial charge in [0.15, 0.2) is 23.4 Å². The summed E-state index contributed by atoms with van der Waals surface area (Å²) in [7, 11) is 0. The monoisotopic (exact) mass is 370 g/mol. The van der Waals surface area contributed by atoms with Crippen LogP contribution in [0, 0.1) is 0 Å². The third-order valence-corrected chi connectivity index (χ3v) is 5.07. The SMILES string of the molecule is Clc1cccc(-c2nn3c([C@@H]4COc5ccccc5O4)nnc3s2)c1. The predicted octanol–water partition coefficient (Wildman–Crippen LogP) is 4.02. The van der Waals surface area contributed by atoms with Gasteiger partial charge in [-0.05, 0) is 24.3 Å². The zero-order chi connectivity index (χ0) is 16.8. The molecule has 0 spiro atoms. The van der Waals surface area contributed by atoms with E-state index in [4.69, 9.17) is 21.1 Å². The van der Waals surface area contributed by atoms with Gasteiger partial charge < -0.3 is 9.47 Å². The minimum atomic E-state index is -0.362. The smallest absolute Gasteiger partial charge is 0.235 e. The molecule has 0 N–H and O–H groups in total. The second-order valence-corrected chi connectivity index (χ2v) is 6.93. The molecule has 2 aromatic carbocycles. The number of benzene rings is 2. The molecule has 1 aliphatic heterocycles. The molecule has 8 heteroatoms. The molecule has 25 heavy (non-hydrogen) atoms. The summed E-state index contributed by atoms with van der Waals surface area (Å²) in [6.45, 7) is 0.363. The summed E-state index contributed by atoms with van der Waals surface area (Å²) in [5.41, 5.74) is 0.945. The van der Waals surface area contributed by atoms with Crippen molar-refractivity contribution in [2.24, 2.45) is 0 Å². The lowest BCUT2D eigenvalue weighted by Gasteiger charge is -2.24. The van der Waals surface area contributed by atoms with Crippen molar-refractivity contribution in [2.75, 3.05) is 6.61 Å². The summed E-state index contributed by atoms with van der Waals surface area (Å²) in [6, 6.07) is 15.2. The molecule has 0 saturated heterocycles. The summed E-state index contributed by atoms with van der Waals surface area (Å²) in [5, 5.41) is 14.6. The highest BCUT2D eigenvalue weighted by atomic mass is 35.5. The third-order valence-electron chi connectivity index (χ3n) is 3.88. The summed E-state index contributed by atoms with van der Waals surface area (Å²) in [5.74, 6) is 2.05. The van der Waals surface area contributed by atoms with Crippen LogP contribution in [-0.4, -0.2) is 26.4 Å². The third kappa shape index (κ3) is 2.52. The average Bonchev–Trinajstić information content (AvgIpc) is 3.22. The molecule has 1 aliphatic rings. The van der Waals surface area contributed by atoms with Crippen LogP contribution >= 0.6 is 22.9 Å². The van der Waals surface area contributed by atoms with Crippen molar-refractivity contribution in [3.05, 3.63) is 59.4 Å². The van der Waals surface area contributed by atoms with E-state index in [1.165, 1.54) is 11.3 Å². The van der Waals surface area contributed by atoms with Gasteiger partial charge in [-0.1, -0.05) is 47.2 Å². The van der Waals surface area contributed by atoms with E-state index >= 15 is 0 Å². The van der Waals surface area contributed by atoms with Gasteiger partial charge in [0.25, 0.3) is 0 Å². The van der Waals surface area contributed by atoms with Crippen molar-refractivity contribution in [1.29, 1.82) is 0 Å². The van der Waals surface area contributed by atoms with E-state index in [9.17, 15) is 0 Å². The van der Waals surface area contributed by atoms with E-state index in [0.717, 1.165) is 16.3 Å². The highest BCUT2D eigenvalue weighted by Gasteiger charge is 2.28. The van der Waals surface area contributed by atoms with Crippen molar-refractivity contribution >= 4 is 27.9 Å².